The van der Waals surface area contributed by atoms with Crippen molar-refractivity contribution in [2.24, 2.45) is 0 Å². The number of hydrogen-bond donors (Lipinski definition) is 2. The minimum atomic E-state index is -0.438. The second-order valence-electron chi connectivity index (χ2n) is 4.52. The molecule has 0 aliphatic rings. The van der Waals surface area contributed by atoms with E-state index in [1.54, 1.807) is 17.4 Å². The van der Waals surface area contributed by atoms with E-state index in [1.165, 1.54) is 11.6 Å². The van der Waals surface area contributed by atoms with Crippen LogP contribution in [0.25, 0.3) is 0 Å². The number of nitrogen functional groups attached to an aromatic ring is 1. The van der Waals surface area contributed by atoms with Crippen molar-refractivity contribution in [1.29, 1.82) is 0 Å². The molecule has 0 bridgehead atoms. The molecular weight excluding hydrogens is 263 g/mol. The van der Waals surface area contributed by atoms with Gasteiger partial charge in [0.25, 0.3) is 0 Å². The molecule has 2 aromatic rings. The van der Waals surface area contributed by atoms with E-state index in [0.29, 0.717) is 17.9 Å². The van der Waals surface area contributed by atoms with Crippen LogP contribution in [0.1, 0.15) is 19.4 Å². The third kappa shape index (κ3) is 3.61. The van der Waals surface area contributed by atoms with E-state index >= 15 is 0 Å². The zero-order chi connectivity index (χ0) is 13.8. The summed E-state index contributed by atoms with van der Waals surface area (Å²) in [4.78, 5) is 0. The Morgan fingerprint density at radius 3 is 2.84 bits per heavy atom. The molecule has 0 spiro atoms. The van der Waals surface area contributed by atoms with Crippen LogP contribution in [0, 0.1) is 5.82 Å². The molecule has 1 aromatic carbocycles. The monoisotopic (exact) mass is 280 g/mol. The van der Waals surface area contributed by atoms with Gasteiger partial charge in [-0.1, -0.05) is 0 Å². The largest absolute Gasteiger partial charge is 0.488 e. The number of nitrogens with one attached hydrogen (secondary N) is 1. The van der Waals surface area contributed by atoms with Gasteiger partial charge < -0.3 is 15.8 Å². The quantitative estimate of drug-likeness (QED) is 0.817. The maximum Gasteiger partial charge on any atom is 0.167 e. The number of benzene rings is 1. The third-order valence-electron chi connectivity index (χ3n) is 2.53. The molecule has 0 aliphatic heterocycles. The van der Waals surface area contributed by atoms with Crippen molar-refractivity contribution < 1.29 is 9.13 Å². The summed E-state index contributed by atoms with van der Waals surface area (Å²) in [6.07, 6.45) is -0.0807. The van der Waals surface area contributed by atoms with Crippen LogP contribution in [-0.4, -0.2) is 6.10 Å². The van der Waals surface area contributed by atoms with Crippen LogP contribution in [0.4, 0.5) is 15.8 Å². The van der Waals surface area contributed by atoms with Gasteiger partial charge in [0, 0.05) is 18.7 Å². The van der Waals surface area contributed by atoms with Gasteiger partial charge in [-0.05, 0) is 36.2 Å². The third-order valence-corrected chi connectivity index (χ3v) is 3.26. The molecule has 5 heteroatoms. The second-order valence-corrected chi connectivity index (χ2v) is 5.30. The van der Waals surface area contributed by atoms with Crippen molar-refractivity contribution in [3.63, 3.8) is 0 Å². The predicted octanol–water partition coefficient (Wildman–Crippen LogP) is 3.87. The Bertz CT molecular complexity index is 541. The van der Waals surface area contributed by atoms with Gasteiger partial charge in [0.05, 0.1) is 17.5 Å². The molecule has 0 saturated heterocycles. The number of ether oxygens (including phenoxy) is 1. The SMILES string of the molecule is CC(C)Oc1cc(NCc2ccsc2)c(N)cc1F. The molecule has 3 nitrogen and oxygen atoms in total. The van der Waals surface area contributed by atoms with Gasteiger partial charge in [0.1, 0.15) is 0 Å². The minimum Gasteiger partial charge on any atom is -0.488 e. The lowest BCUT2D eigenvalue weighted by molar-refractivity contribution is 0.231. The van der Waals surface area contributed by atoms with Gasteiger partial charge in [-0.3, -0.25) is 0 Å². The summed E-state index contributed by atoms with van der Waals surface area (Å²) in [6.45, 7) is 4.36. The van der Waals surface area contributed by atoms with Gasteiger partial charge in [-0.25, -0.2) is 4.39 Å². The number of rotatable bonds is 5. The fourth-order valence-electron chi connectivity index (χ4n) is 1.66. The standard InChI is InChI=1S/C14H17FN2OS/c1-9(2)18-14-6-13(12(16)5-11(14)15)17-7-10-3-4-19-8-10/h3-6,8-9,17H,7,16H2,1-2H3. The van der Waals surface area contributed by atoms with Crippen LogP contribution in [0.3, 0.4) is 0 Å². The first kappa shape index (κ1) is 13.7. The average Bonchev–Trinajstić information content (AvgIpc) is 2.83. The summed E-state index contributed by atoms with van der Waals surface area (Å²) >= 11 is 1.64. The van der Waals surface area contributed by atoms with Crippen LogP contribution in [0.15, 0.2) is 29.0 Å². The summed E-state index contributed by atoms with van der Waals surface area (Å²) in [6, 6.07) is 4.92. The molecule has 102 valence electrons. The fraction of sp³-hybridized carbons (Fsp3) is 0.286. The van der Waals surface area contributed by atoms with E-state index in [1.807, 2.05) is 25.3 Å². The Labute approximate surface area is 116 Å². The molecule has 0 saturated carbocycles. The van der Waals surface area contributed by atoms with Crippen molar-refractivity contribution in [3.8, 4) is 5.75 Å². The number of halogens is 1. The molecule has 1 heterocycles. The summed E-state index contributed by atoms with van der Waals surface area (Å²) in [5.74, 6) is -0.218. The van der Waals surface area contributed by atoms with E-state index in [2.05, 4.69) is 10.7 Å². The van der Waals surface area contributed by atoms with Crippen LogP contribution in [0.5, 0.6) is 5.75 Å². The molecule has 0 atom stereocenters. The summed E-state index contributed by atoms with van der Waals surface area (Å²) in [5.41, 5.74) is 8.03. The Morgan fingerprint density at radius 1 is 1.42 bits per heavy atom. The summed E-state index contributed by atoms with van der Waals surface area (Å²) in [7, 11) is 0. The van der Waals surface area contributed by atoms with E-state index in [-0.39, 0.29) is 11.9 Å². The van der Waals surface area contributed by atoms with E-state index in [0.717, 1.165) is 0 Å². The molecule has 0 amide bonds. The maximum atomic E-state index is 13.7. The molecule has 0 aliphatic carbocycles. The lowest BCUT2D eigenvalue weighted by atomic mass is 10.2. The smallest absolute Gasteiger partial charge is 0.167 e. The number of anilines is 2. The highest BCUT2D eigenvalue weighted by atomic mass is 32.1. The number of thiophene rings is 1. The zero-order valence-electron chi connectivity index (χ0n) is 10.9. The first-order chi connectivity index (χ1) is 9.06. The molecule has 19 heavy (non-hydrogen) atoms. The Morgan fingerprint density at radius 2 is 2.21 bits per heavy atom. The first-order valence-corrected chi connectivity index (χ1v) is 7.01. The fourth-order valence-corrected chi connectivity index (χ4v) is 2.33. The highest BCUT2D eigenvalue weighted by molar-refractivity contribution is 7.07. The van der Waals surface area contributed by atoms with Crippen molar-refractivity contribution in [2.45, 2.75) is 26.5 Å². The second kappa shape index (κ2) is 5.93. The van der Waals surface area contributed by atoms with Crippen LogP contribution >= 0.6 is 11.3 Å². The number of hydrogen-bond acceptors (Lipinski definition) is 4. The predicted molar refractivity (Wildman–Crippen MR) is 78.2 cm³/mol. The van der Waals surface area contributed by atoms with Crippen molar-refractivity contribution in [3.05, 3.63) is 40.3 Å². The maximum absolute atomic E-state index is 13.7. The molecule has 1 aromatic heterocycles. The van der Waals surface area contributed by atoms with E-state index in [4.69, 9.17) is 10.5 Å². The average molecular weight is 280 g/mol. The highest BCUT2D eigenvalue weighted by Gasteiger charge is 2.10. The van der Waals surface area contributed by atoms with Gasteiger partial charge in [0.15, 0.2) is 11.6 Å². The topological polar surface area (TPSA) is 47.3 Å². The molecule has 0 unspecified atom stereocenters. The van der Waals surface area contributed by atoms with Crippen molar-refractivity contribution >= 4 is 22.7 Å². The van der Waals surface area contributed by atoms with Gasteiger partial charge in [-0.2, -0.15) is 11.3 Å². The minimum absolute atomic E-state index is 0.0807. The Kier molecular flexibility index (Phi) is 4.27. The van der Waals surface area contributed by atoms with E-state index in [9.17, 15) is 4.39 Å². The van der Waals surface area contributed by atoms with Crippen LogP contribution < -0.4 is 15.8 Å². The zero-order valence-corrected chi connectivity index (χ0v) is 11.8. The van der Waals surface area contributed by atoms with Crippen molar-refractivity contribution in [1.82, 2.24) is 0 Å². The lowest BCUT2D eigenvalue weighted by Gasteiger charge is -2.14. The molecule has 2 rings (SSSR count). The van der Waals surface area contributed by atoms with Crippen LogP contribution in [0.2, 0.25) is 0 Å². The Hall–Kier alpha value is -1.75. The molecular formula is C14H17FN2OS. The summed E-state index contributed by atoms with van der Waals surface area (Å²) in [5, 5.41) is 7.26. The summed E-state index contributed by atoms with van der Waals surface area (Å²) < 4.78 is 19.1. The highest BCUT2D eigenvalue weighted by Crippen LogP contribution is 2.29. The van der Waals surface area contributed by atoms with Gasteiger partial charge >= 0.3 is 0 Å². The normalized spacial score (nSPS) is 10.7. The number of nitrogens with two attached hydrogens (primary N) is 1. The van der Waals surface area contributed by atoms with Gasteiger partial charge in [0.2, 0.25) is 0 Å². The molecule has 0 fully saturated rings. The molecule has 0 radical (unpaired) electrons. The Balaban J connectivity index is 2.15. The van der Waals surface area contributed by atoms with Gasteiger partial charge in [-0.15, -0.1) is 0 Å². The first-order valence-electron chi connectivity index (χ1n) is 6.07. The molecule has 3 N–H and O–H groups in total. The van der Waals surface area contributed by atoms with E-state index < -0.39 is 5.82 Å². The van der Waals surface area contributed by atoms with Crippen molar-refractivity contribution in [2.75, 3.05) is 11.1 Å². The van der Waals surface area contributed by atoms with Crippen LogP contribution in [-0.2, 0) is 6.54 Å². The lowest BCUT2D eigenvalue weighted by Crippen LogP contribution is -2.09.